The number of nitrogens with zero attached hydrogens (tertiary/aromatic N) is 2. The highest BCUT2D eigenvalue weighted by molar-refractivity contribution is 8.00. The molecule has 7 heteroatoms. The summed E-state index contributed by atoms with van der Waals surface area (Å²) in [6.45, 7) is 0. The lowest BCUT2D eigenvalue weighted by atomic mass is 9.93. The average Bonchev–Trinajstić information content (AvgIpc) is 2.89. The molecule has 1 aromatic carbocycles. The number of hydrogen-bond donors (Lipinski definition) is 0. The molecule has 0 saturated heterocycles. The molecule has 3 nitrogen and oxygen atoms in total. The summed E-state index contributed by atoms with van der Waals surface area (Å²) in [6.07, 6.45) is -2.04. The van der Waals surface area contributed by atoms with E-state index in [1.807, 2.05) is 30.3 Å². The van der Waals surface area contributed by atoms with Crippen LogP contribution in [0.3, 0.4) is 0 Å². The van der Waals surface area contributed by atoms with Gasteiger partial charge in [0, 0.05) is 4.90 Å². The van der Waals surface area contributed by atoms with Crippen LogP contribution in [-0.2, 0) is 6.18 Å². The fourth-order valence-corrected chi connectivity index (χ4v) is 3.19. The van der Waals surface area contributed by atoms with Crippen molar-refractivity contribution in [1.82, 2.24) is 9.78 Å². The van der Waals surface area contributed by atoms with E-state index in [4.69, 9.17) is 0 Å². The predicted molar refractivity (Wildman–Crippen MR) is 81.6 cm³/mol. The Hall–Kier alpha value is -1.76. The van der Waals surface area contributed by atoms with E-state index in [9.17, 15) is 18.0 Å². The van der Waals surface area contributed by atoms with E-state index >= 15 is 0 Å². The van der Waals surface area contributed by atoms with Crippen LogP contribution < -0.4 is 0 Å². The van der Waals surface area contributed by atoms with E-state index in [2.05, 4.69) is 5.10 Å². The van der Waals surface area contributed by atoms with Gasteiger partial charge in [0.05, 0.1) is 11.8 Å². The van der Waals surface area contributed by atoms with Gasteiger partial charge in [-0.15, -0.1) is 11.8 Å². The van der Waals surface area contributed by atoms with E-state index in [0.717, 1.165) is 30.2 Å². The van der Waals surface area contributed by atoms with Crippen LogP contribution in [0.2, 0.25) is 0 Å². The molecule has 1 aliphatic rings. The third-order valence-corrected chi connectivity index (χ3v) is 4.86. The second kappa shape index (κ2) is 6.39. The molecule has 1 aromatic heterocycles. The van der Waals surface area contributed by atoms with Gasteiger partial charge in [0.25, 0.3) is 0 Å². The summed E-state index contributed by atoms with van der Waals surface area (Å²) in [4.78, 5) is 13.3. The Labute approximate surface area is 135 Å². The largest absolute Gasteiger partial charge is 0.435 e. The second-order valence-electron chi connectivity index (χ2n) is 5.47. The van der Waals surface area contributed by atoms with Crippen LogP contribution >= 0.6 is 11.8 Å². The van der Waals surface area contributed by atoms with Crippen molar-refractivity contribution in [3.05, 3.63) is 47.8 Å². The smallest absolute Gasteiger partial charge is 0.292 e. The maximum Gasteiger partial charge on any atom is 0.435 e. The summed E-state index contributed by atoms with van der Waals surface area (Å²) in [5.74, 6) is -0.228. The third-order valence-electron chi connectivity index (χ3n) is 3.85. The van der Waals surface area contributed by atoms with Crippen LogP contribution in [0.1, 0.15) is 41.5 Å². The van der Waals surface area contributed by atoms with Crippen LogP contribution in [-0.4, -0.2) is 21.3 Å². The molecular weight excluding hydrogens is 325 g/mol. The van der Waals surface area contributed by atoms with Crippen molar-refractivity contribution in [3.63, 3.8) is 0 Å². The molecule has 122 valence electrons. The molecule has 0 unspecified atom stereocenters. The molecule has 0 bridgehead atoms. The minimum atomic E-state index is -4.53. The molecule has 23 heavy (non-hydrogen) atoms. The van der Waals surface area contributed by atoms with Gasteiger partial charge in [-0.05, 0) is 37.5 Å². The topological polar surface area (TPSA) is 34.9 Å². The number of alkyl halides is 3. The molecular formula is C16H15F3N2OS. The Bertz CT molecular complexity index is 693. The number of ketones is 1. The maximum atomic E-state index is 12.9. The van der Waals surface area contributed by atoms with E-state index < -0.39 is 11.9 Å². The van der Waals surface area contributed by atoms with Crippen LogP contribution in [0, 0.1) is 0 Å². The number of carbonyl (C=O) groups excluding carboxylic acids is 1. The number of rotatable bonds is 5. The van der Waals surface area contributed by atoms with Crippen molar-refractivity contribution in [1.29, 1.82) is 0 Å². The van der Waals surface area contributed by atoms with Crippen LogP contribution in [0.25, 0.3) is 0 Å². The van der Waals surface area contributed by atoms with E-state index in [1.54, 1.807) is 0 Å². The quantitative estimate of drug-likeness (QED) is 0.589. The van der Waals surface area contributed by atoms with E-state index in [1.165, 1.54) is 16.4 Å². The van der Waals surface area contributed by atoms with Crippen molar-refractivity contribution in [2.45, 2.75) is 36.4 Å². The number of carbonyl (C=O) groups is 1. The number of halogens is 3. The first-order valence-electron chi connectivity index (χ1n) is 7.33. The molecule has 2 aromatic rings. The fraction of sp³-hybridized carbons (Fsp3) is 0.375. The molecule has 3 rings (SSSR count). The summed E-state index contributed by atoms with van der Waals surface area (Å²) in [5, 5.41) is 3.64. The minimum Gasteiger partial charge on any atom is -0.292 e. The van der Waals surface area contributed by atoms with Gasteiger partial charge in [-0.3, -0.25) is 9.48 Å². The van der Waals surface area contributed by atoms with E-state index in [0.29, 0.717) is 0 Å². The van der Waals surface area contributed by atoms with Crippen molar-refractivity contribution in [2.75, 3.05) is 5.75 Å². The van der Waals surface area contributed by atoms with Crippen LogP contribution in [0.5, 0.6) is 0 Å². The summed E-state index contributed by atoms with van der Waals surface area (Å²) >= 11 is 1.31. The molecule has 0 aliphatic heterocycles. The number of Topliss-reactive ketones (excluding diaryl/α,β-unsaturated/α-hetero) is 1. The first-order valence-corrected chi connectivity index (χ1v) is 8.31. The summed E-state index contributed by atoms with van der Waals surface area (Å²) < 4.78 is 39.9. The second-order valence-corrected chi connectivity index (χ2v) is 6.52. The first-order chi connectivity index (χ1) is 10.9. The lowest BCUT2D eigenvalue weighted by Crippen LogP contribution is -2.23. The predicted octanol–water partition coefficient (Wildman–Crippen LogP) is 4.60. The first kappa shape index (κ1) is 16.1. The molecule has 0 radical (unpaired) electrons. The van der Waals surface area contributed by atoms with Gasteiger partial charge < -0.3 is 0 Å². The van der Waals surface area contributed by atoms with Gasteiger partial charge in [-0.1, -0.05) is 18.2 Å². The molecule has 0 N–H and O–H groups in total. The zero-order chi connectivity index (χ0) is 16.4. The number of thioether (sulfide) groups is 1. The van der Waals surface area contributed by atoms with Gasteiger partial charge in [0.1, 0.15) is 5.69 Å². The highest BCUT2D eigenvalue weighted by Gasteiger charge is 2.37. The third kappa shape index (κ3) is 3.60. The Morgan fingerprint density at radius 2 is 1.96 bits per heavy atom. The van der Waals surface area contributed by atoms with Gasteiger partial charge in [0.15, 0.2) is 11.5 Å². The van der Waals surface area contributed by atoms with Gasteiger partial charge in [0.2, 0.25) is 0 Å². The molecule has 0 amide bonds. The number of aromatic nitrogens is 2. The summed E-state index contributed by atoms with van der Waals surface area (Å²) in [6, 6.07) is 10.1. The zero-order valence-electron chi connectivity index (χ0n) is 12.2. The monoisotopic (exact) mass is 340 g/mol. The standard InChI is InChI=1S/C16H15F3N2OS/c17-16(18,19)15-9-13(21(20-15)11-5-4-6-11)14(22)10-23-12-7-2-1-3-8-12/h1-3,7-9,11H,4-6,10H2. The highest BCUT2D eigenvalue weighted by atomic mass is 32.2. The van der Waals surface area contributed by atoms with Crippen molar-refractivity contribution < 1.29 is 18.0 Å². The van der Waals surface area contributed by atoms with Crippen molar-refractivity contribution in [2.24, 2.45) is 0 Å². The fourth-order valence-electron chi connectivity index (χ4n) is 2.39. The van der Waals surface area contributed by atoms with Crippen molar-refractivity contribution in [3.8, 4) is 0 Å². The molecule has 0 atom stereocenters. The summed E-state index contributed by atoms with van der Waals surface area (Å²) in [7, 11) is 0. The Morgan fingerprint density at radius 1 is 1.26 bits per heavy atom. The van der Waals surface area contributed by atoms with Crippen molar-refractivity contribution >= 4 is 17.5 Å². The lowest BCUT2D eigenvalue weighted by molar-refractivity contribution is -0.141. The molecule has 1 heterocycles. The van der Waals surface area contributed by atoms with Gasteiger partial charge >= 0.3 is 6.18 Å². The zero-order valence-corrected chi connectivity index (χ0v) is 13.0. The molecule has 1 fully saturated rings. The Kier molecular flexibility index (Phi) is 4.48. The average molecular weight is 340 g/mol. The SMILES string of the molecule is O=C(CSc1ccccc1)c1cc(C(F)(F)F)nn1C1CCC1. The lowest BCUT2D eigenvalue weighted by Gasteiger charge is -2.27. The van der Waals surface area contributed by atoms with Gasteiger partial charge in [-0.2, -0.15) is 18.3 Å². The molecule has 0 spiro atoms. The van der Waals surface area contributed by atoms with E-state index in [-0.39, 0.29) is 23.3 Å². The van der Waals surface area contributed by atoms with Crippen LogP contribution in [0.15, 0.2) is 41.3 Å². The molecule has 1 aliphatic carbocycles. The van der Waals surface area contributed by atoms with Crippen LogP contribution in [0.4, 0.5) is 13.2 Å². The summed E-state index contributed by atoms with van der Waals surface area (Å²) in [5.41, 5.74) is -0.928. The normalized spacial score (nSPS) is 15.4. The maximum absolute atomic E-state index is 12.9. The number of hydrogen-bond acceptors (Lipinski definition) is 3. The van der Waals surface area contributed by atoms with Gasteiger partial charge in [-0.25, -0.2) is 0 Å². The minimum absolute atomic E-state index is 0.0606. The number of benzene rings is 1. The highest BCUT2D eigenvalue weighted by Crippen LogP contribution is 2.36. The Morgan fingerprint density at radius 3 is 2.52 bits per heavy atom. The Balaban J connectivity index is 1.79. The molecule has 1 saturated carbocycles.